The first kappa shape index (κ1) is 25.8. The molecule has 0 saturated carbocycles. The zero-order valence-electron chi connectivity index (χ0n) is 21.8. The number of phenols is 1. The SMILES string of the molecule is CCCCCCC1(CCCCCC)c2ccccc2-c2ccc(C#Cc3ccc(O)c(C=O)c3)cc21. The number of hydrogen-bond donors (Lipinski definition) is 1. The number of hydrogen-bond acceptors (Lipinski definition) is 2. The first-order valence-electron chi connectivity index (χ1n) is 13.7. The van der Waals surface area contributed by atoms with E-state index in [4.69, 9.17) is 0 Å². The van der Waals surface area contributed by atoms with E-state index in [1.807, 2.05) is 0 Å². The second-order valence-electron chi connectivity index (χ2n) is 10.2. The van der Waals surface area contributed by atoms with Crippen LogP contribution in [0.5, 0.6) is 5.75 Å². The van der Waals surface area contributed by atoms with Crippen LogP contribution >= 0.6 is 0 Å². The van der Waals surface area contributed by atoms with Gasteiger partial charge in [0.05, 0.1) is 5.56 Å². The van der Waals surface area contributed by atoms with E-state index in [2.05, 4.69) is 68.2 Å². The second kappa shape index (κ2) is 12.1. The van der Waals surface area contributed by atoms with Gasteiger partial charge >= 0.3 is 0 Å². The molecular weight excluding hydrogens is 440 g/mol. The maximum Gasteiger partial charge on any atom is 0.153 e. The number of carbonyl (C=O) groups excluding carboxylic acids is 1. The molecule has 1 N–H and O–H groups in total. The Morgan fingerprint density at radius 1 is 0.722 bits per heavy atom. The Kier molecular flexibility index (Phi) is 8.65. The van der Waals surface area contributed by atoms with Crippen LogP contribution in [0.2, 0.25) is 0 Å². The van der Waals surface area contributed by atoms with Crippen molar-refractivity contribution in [2.24, 2.45) is 0 Å². The van der Waals surface area contributed by atoms with Gasteiger partial charge in [-0.1, -0.05) is 107 Å². The van der Waals surface area contributed by atoms with Crippen LogP contribution < -0.4 is 0 Å². The van der Waals surface area contributed by atoms with E-state index in [0.29, 0.717) is 6.29 Å². The van der Waals surface area contributed by atoms with Gasteiger partial charge in [-0.2, -0.15) is 0 Å². The second-order valence-corrected chi connectivity index (χ2v) is 10.2. The predicted molar refractivity (Wildman–Crippen MR) is 150 cm³/mol. The quantitative estimate of drug-likeness (QED) is 0.170. The highest BCUT2D eigenvalue weighted by Gasteiger charge is 2.42. The zero-order chi connectivity index (χ0) is 25.4. The van der Waals surface area contributed by atoms with Crippen LogP contribution in [-0.4, -0.2) is 11.4 Å². The molecule has 1 aliphatic carbocycles. The summed E-state index contributed by atoms with van der Waals surface area (Å²) in [5.41, 5.74) is 7.70. The summed E-state index contributed by atoms with van der Waals surface area (Å²) in [6.07, 6.45) is 13.2. The Labute approximate surface area is 216 Å². The van der Waals surface area contributed by atoms with Gasteiger partial charge in [0.1, 0.15) is 5.75 Å². The summed E-state index contributed by atoms with van der Waals surface area (Å²) in [5, 5.41) is 9.80. The highest BCUT2D eigenvalue weighted by Crippen LogP contribution is 2.54. The summed E-state index contributed by atoms with van der Waals surface area (Å²) in [7, 11) is 0. The number of rotatable bonds is 11. The van der Waals surface area contributed by atoms with E-state index in [0.717, 1.165) is 11.1 Å². The molecule has 0 radical (unpaired) electrons. The van der Waals surface area contributed by atoms with Crippen molar-refractivity contribution < 1.29 is 9.90 Å². The number of aromatic hydroxyl groups is 1. The van der Waals surface area contributed by atoms with Crippen molar-refractivity contribution in [2.45, 2.75) is 83.5 Å². The molecule has 2 heteroatoms. The Balaban J connectivity index is 1.74. The molecule has 0 fully saturated rings. The smallest absolute Gasteiger partial charge is 0.153 e. The number of fused-ring (bicyclic) bond motifs is 3. The lowest BCUT2D eigenvalue weighted by Crippen LogP contribution is -2.25. The molecule has 0 aliphatic heterocycles. The van der Waals surface area contributed by atoms with E-state index >= 15 is 0 Å². The molecule has 0 unspecified atom stereocenters. The summed E-state index contributed by atoms with van der Waals surface area (Å²) in [4.78, 5) is 11.2. The van der Waals surface area contributed by atoms with Crippen LogP contribution in [0.4, 0.5) is 0 Å². The summed E-state index contributed by atoms with van der Waals surface area (Å²) in [6.45, 7) is 4.55. The summed E-state index contributed by atoms with van der Waals surface area (Å²) >= 11 is 0. The molecule has 3 aromatic carbocycles. The number of benzene rings is 3. The lowest BCUT2D eigenvalue weighted by molar-refractivity contribution is 0.112. The molecule has 0 bridgehead atoms. The van der Waals surface area contributed by atoms with Crippen molar-refractivity contribution in [3.63, 3.8) is 0 Å². The van der Waals surface area contributed by atoms with Crippen molar-refractivity contribution in [1.82, 2.24) is 0 Å². The molecule has 186 valence electrons. The monoisotopic (exact) mass is 478 g/mol. The van der Waals surface area contributed by atoms with Crippen molar-refractivity contribution in [3.8, 4) is 28.7 Å². The molecule has 0 saturated heterocycles. The first-order chi connectivity index (χ1) is 17.6. The van der Waals surface area contributed by atoms with Gasteiger partial charge in [0.15, 0.2) is 6.29 Å². The molecule has 0 amide bonds. The molecule has 0 spiro atoms. The molecule has 3 aromatic rings. The van der Waals surface area contributed by atoms with Gasteiger partial charge in [-0.3, -0.25) is 4.79 Å². The minimum absolute atomic E-state index is 0.0122. The van der Waals surface area contributed by atoms with Crippen molar-refractivity contribution in [2.75, 3.05) is 0 Å². The summed E-state index contributed by atoms with van der Waals surface area (Å²) in [5.74, 6) is 6.52. The first-order valence-corrected chi connectivity index (χ1v) is 13.7. The number of phenolic OH excluding ortho intramolecular Hbond substituents is 1. The van der Waals surface area contributed by atoms with Gasteiger partial charge in [0, 0.05) is 16.5 Å². The number of unbranched alkanes of at least 4 members (excludes halogenated alkanes) is 6. The minimum Gasteiger partial charge on any atom is -0.507 e. The lowest BCUT2D eigenvalue weighted by atomic mass is 9.70. The third kappa shape index (κ3) is 5.41. The largest absolute Gasteiger partial charge is 0.507 e. The van der Waals surface area contributed by atoms with E-state index in [9.17, 15) is 9.90 Å². The Morgan fingerprint density at radius 3 is 2.00 bits per heavy atom. The van der Waals surface area contributed by atoms with Crippen molar-refractivity contribution in [1.29, 1.82) is 0 Å². The fraction of sp³-hybridized carbons (Fsp3) is 0.382. The average Bonchev–Trinajstić information content (AvgIpc) is 3.18. The molecular formula is C34H38O2. The maximum atomic E-state index is 11.2. The summed E-state index contributed by atoms with van der Waals surface area (Å²) < 4.78 is 0. The van der Waals surface area contributed by atoms with Crippen LogP contribution in [0.3, 0.4) is 0 Å². The Bertz CT molecular complexity index is 1250. The van der Waals surface area contributed by atoms with Gasteiger partial charge < -0.3 is 5.11 Å². The minimum atomic E-state index is -0.0122. The van der Waals surface area contributed by atoms with Crippen LogP contribution in [-0.2, 0) is 5.41 Å². The molecule has 2 nitrogen and oxygen atoms in total. The van der Waals surface area contributed by atoms with Crippen LogP contribution in [0, 0.1) is 11.8 Å². The number of aldehydes is 1. The third-order valence-electron chi connectivity index (χ3n) is 7.69. The van der Waals surface area contributed by atoms with E-state index in [1.54, 1.807) is 12.1 Å². The van der Waals surface area contributed by atoms with Crippen LogP contribution in [0.15, 0.2) is 60.7 Å². The molecule has 4 rings (SSSR count). The highest BCUT2D eigenvalue weighted by atomic mass is 16.3. The third-order valence-corrected chi connectivity index (χ3v) is 7.69. The maximum absolute atomic E-state index is 11.2. The van der Waals surface area contributed by atoms with Gasteiger partial charge in [-0.25, -0.2) is 0 Å². The Morgan fingerprint density at radius 2 is 1.33 bits per heavy atom. The van der Waals surface area contributed by atoms with Crippen molar-refractivity contribution >= 4 is 6.29 Å². The fourth-order valence-electron chi connectivity index (χ4n) is 5.77. The topological polar surface area (TPSA) is 37.3 Å². The molecule has 0 atom stereocenters. The van der Waals surface area contributed by atoms with Crippen molar-refractivity contribution in [3.05, 3.63) is 88.5 Å². The normalized spacial score (nSPS) is 12.9. The predicted octanol–water partition coefficient (Wildman–Crippen LogP) is 8.81. The lowest BCUT2D eigenvalue weighted by Gasteiger charge is -2.33. The molecule has 36 heavy (non-hydrogen) atoms. The van der Waals surface area contributed by atoms with Gasteiger partial charge in [-0.05, 0) is 65.4 Å². The van der Waals surface area contributed by atoms with E-state index in [-0.39, 0.29) is 16.7 Å². The highest BCUT2D eigenvalue weighted by molar-refractivity contribution is 5.82. The standard InChI is InChI=1S/C34H38O2/c1-3-5-7-11-21-34(22-12-8-6-4-2)31-14-10-9-13-29(31)30-19-17-27(24-32(30)34)16-15-26-18-20-33(36)28(23-26)25-35/h9-10,13-14,17-20,23-25,36H,3-8,11-12,21-22H2,1-2H3. The molecule has 0 aromatic heterocycles. The molecule has 1 aliphatic rings. The van der Waals surface area contributed by atoms with Crippen LogP contribution in [0.25, 0.3) is 11.1 Å². The van der Waals surface area contributed by atoms with Gasteiger partial charge in [0.2, 0.25) is 0 Å². The number of carbonyl (C=O) groups is 1. The Hall–Kier alpha value is -3.31. The molecule has 0 heterocycles. The van der Waals surface area contributed by atoms with Gasteiger partial charge in [-0.15, -0.1) is 0 Å². The zero-order valence-corrected chi connectivity index (χ0v) is 21.8. The van der Waals surface area contributed by atoms with Gasteiger partial charge in [0.25, 0.3) is 0 Å². The summed E-state index contributed by atoms with van der Waals surface area (Å²) in [6, 6.07) is 20.6. The average molecular weight is 479 g/mol. The fourth-order valence-corrected chi connectivity index (χ4v) is 5.77. The van der Waals surface area contributed by atoms with E-state index in [1.165, 1.54) is 92.5 Å². The van der Waals surface area contributed by atoms with E-state index < -0.39 is 0 Å². The van der Waals surface area contributed by atoms with Crippen LogP contribution in [0.1, 0.15) is 111 Å².